The number of amides is 1. The number of anilines is 1. The molecule has 0 saturated carbocycles. The molecule has 20 heavy (non-hydrogen) atoms. The zero-order valence-electron chi connectivity index (χ0n) is 11.0. The predicted octanol–water partition coefficient (Wildman–Crippen LogP) is -0.211. The number of aromatic nitrogens is 2. The van der Waals surface area contributed by atoms with Crippen molar-refractivity contribution in [1.82, 2.24) is 10.2 Å². The SMILES string of the molecule is COC(=O)c1ccc(N2CC(C(=O)OC)CC2=O)nn1. The number of rotatable bonds is 3. The van der Waals surface area contributed by atoms with E-state index in [1.165, 1.54) is 31.3 Å². The summed E-state index contributed by atoms with van der Waals surface area (Å²) in [7, 11) is 2.52. The van der Waals surface area contributed by atoms with Crippen LogP contribution in [0.25, 0.3) is 0 Å². The van der Waals surface area contributed by atoms with Crippen molar-refractivity contribution in [3.63, 3.8) is 0 Å². The lowest BCUT2D eigenvalue weighted by Crippen LogP contribution is -2.27. The van der Waals surface area contributed by atoms with Crippen molar-refractivity contribution in [2.75, 3.05) is 25.7 Å². The maximum atomic E-state index is 11.8. The van der Waals surface area contributed by atoms with Gasteiger partial charge in [-0.05, 0) is 12.1 Å². The van der Waals surface area contributed by atoms with Crippen molar-refractivity contribution in [2.45, 2.75) is 6.42 Å². The Morgan fingerprint density at radius 1 is 1.25 bits per heavy atom. The molecule has 1 atom stereocenters. The van der Waals surface area contributed by atoms with Gasteiger partial charge >= 0.3 is 11.9 Å². The molecule has 0 radical (unpaired) electrons. The molecular weight excluding hydrogens is 266 g/mol. The number of carbonyl (C=O) groups excluding carboxylic acids is 3. The fourth-order valence-electron chi connectivity index (χ4n) is 1.94. The van der Waals surface area contributed by atoms with Gasteiger partial charge in [-0.2, -0.15) is 0 Å². The van der Waals surface area contributed by atoms with Crippen LogP contribution in [-0.2, 0) is 19.1 Å². The quantitative estimate of drug-likeness (QED) is 0.706. The Kier molecular flexibility index (Phi) is 3.92. The Hall–Kier alpha value is -2.51. The van der Waals surface area contributed by atoms with Crippen LogP contribution in [0.4, 0.5) is 5.82 Å². The third kappa shape index (κ3) is 2.58. The van der Waals surface area contributed by atoms with Gasteiger partial charge in [-0.25, -0.2) is 4.79 Å². The van der Waals surface area contributed by atoms with Gasteiger partial charge in [-0.3, -0.25) is 14.5 Å². The van der Waals surface area contributed by atoms with Crippen LogP contribution in [0.3, 0.4) is 0 Å². The summed E-state index contributed by atoms with van der Waals surface area (Å²) in [6.45, 7) is 0.192. The lowest BCUT2D eigenvalue weighted by molar-refractivity contribution is -0.145. The average molecular weight is 279 g/mol. The molecule has 1 aromatic rings. The first-order chi connectivity index (χ1) is 9.56. The monoisotopic (exact) mass is 279 g/mol. The highest BCUT2D eigenvalue weighted by Gasteiger charge is 2.36. The van der Waals surface area contributed by atoms with E-state index in [-0.39, 0.29) is 30.4 Å². The molecule has 0 aliphatic carbocycles. The van der Waals surface area contributed by atoms with Gasteiger partial charge in [-0.1, -0.05) is 0 Å². The van der Waals surface area contributed by atoms with E-state index in [0.717, 1.165) is 0 Å². The molecule has 8 heteroatoms. The number of hydrogen-bond donors (Lipinski definition) is 0. The van der Waals surface area contributed by atoms with Gasteiger partial charge in [0.25, 0.3) is 0 Å². The van der Waals surface area contributed by atoms with Crippen molar-refractivity contribution in [1.29, 1.82) is 0 Å². The van der Waals surface area contributed by atoms with Gasteiger partial charge in [0.15, 0.2) is 11.5 Å². The van der Waals surface area contributed by atoms with Crippen LogP contribution in [0.5, 0.6) is 0 Å². The second-order valence-corrected chi connectivity index (χ2v) is 4.20. The van der Waals surface area contributed by atoms with E-state index in [0.29, 0.717) is 0 Å². The third-order valence-corrected chi connectivity index (χ3v) is 2.98. The fraction of sp³-hybridized carbons (Fsp3) is 0.417. The summed E-state index contributed by atoms with van der Waals surface area (Å²) in [5.41, 5.74) is 0.0485. The molecule has 106 valence electrons. The molecule has 1 saturated heterocycles. The zero-order valence-corrected chi connectivity index (χ0v) is 11.0. The Morgan fingerprint density at radius 3 is 2.55 bits per heavy atom. The molecule has 0 N–H and O–H groups in total. The van der Waals surface area contributed by atoms with Gasteiger partial charge in [0.05, 0.1) is 20.1 Å². The van der Waals surface area contributed by atoms with Crippen molar-refractivity contribution < 1.29 is 23.9 Å². The lowest BCUT2D eigenvalue weighted by Gasteiger charge is -2.14. The minimum Gasteiger partial charge on any atom is -0.469 e. The summed E-state index contributed by atoms with van der Waals surface area (Å²) in [5.74, 6) is -1.49. The molecule has 1 amide bonds. The van der Waals surface area contributed by atoms with Crippen LogP contribution >= 0.6 is 0 Å². The van der Waals surface area contributed by atoms with Gasteiger partial charge in [-0.15, -0.1) is 10.2 Å². The molecule has 1 unspecified atom stereocenters. The van der Waals surface area contributed by atoms with Crippen molar-refractivity contribution >= 4 is 23.7 Å². The molecule has 0 aromatic carbocycles. The Labute approximate surface area is 114 Å². The molecule has 1 fully saturated rings. The Bertz CT molecular complexity index is 543. The van der Waals surface area contributed by atoms with Gasteiger partial charge in [0, 0.05) is 13.0 Å². The minimum atomic E-state index is -0.607. The van der Waals surface area contributed by atoms with Crippen LogP contribution in [0, 0.1) is 5.92 Å². The van der Waals surface area contributed by atoms with Crippen molar-refractivity contribution in [2.24, 2.45) is 5.92 Å². The molecule has 2 heterocycles. The van der Waals surface area contributed by atoms with Crippen LogP contribution < -0.4 is 4.90 Å². The topological polar surface area (TPSA) is 98.7 Å². The van der Waals surface area contributed by atoms with Crippen LogP contribution in [-0.4, -0.2) is 48.8 Å². The first-order valence-electron chi connectivity index (χ1n) is 5.87. The predicted molar refractivity (Wildman–Crippen MR) is 65.8 cm³/mol. The van der Waals surface area contributed by atoms with Crippen LogP contribution in [0.2, 0.25) is 0 Å². The highest BCUT2D eigenvalue weighted by molar-refractivity contribution is 5.98. The second-order valence-electron chi connectivity index (χ2n) is 4.20. The van der Waals surface area contributed by atoms with E-state index in [1.807, 2.05) is 0 Å². The highest BCUT2D eigenvalue weighted by atomic mass is 16.5. The highest BCUT2D eigenvalue weighted by Crippen LogP contribution is 2.23. The summed E-state index contributed by atoms with van der Waals surface area (Å²) >= 11 is 0. The van der Waals surface area contributed by atoms with E-state index in [9.17, 15) is 14.4 Å². The molecule has 8 nitrogen and oxygen atoms in total. The smallest absolute Gasteiger partial charge is 0.358 e. The first kappa shape index (κ1) is 13.9. The molecule has 0 bridgehead atoms. The van der Waals surface area contributed by atoms with E-state index < -0.39 is 17.9 Å². The number of ether oxygens (including phenoxy) is 2. The maximum absolute atomic E-state index is 11.8. The molecule has 1 aliphatic heterocycles. The zero-order chi connectivity index (χ0) is 14.7. The van der Waals surface area contributed by atoms with Crippen LogP contribution in [0.15, 0.2) is 12.1 Å². The summed E-state index contributed by atoms with van der Waals surface area (Å²) in [5, 5.41) is 7.49. The maximum Gasteiger partial charge on any atom is 0.358 e. The standard InChI is InChI=1S/C12H13N3O5/c1-19-11(17)7-5-10(16)15(6-7)9-4-3-8(13-14-9)12(18)20-2/h3-4,7H,5-6H2,1-2H3. The van der Waals surface area contributed by atoms with Crippen LogP contribution in [0.1, 0.15) is 16.9 Å². The lowest BCUT2D eigenvalue weighted by atomic mass is 10.1. The average Bonchev–Trinajstić information content (AvgIpc) is 2.87. The Morgan fingerprint density at radius 2 is 2.00 bits per heavy atom. The van der Waals surface area contributed by atoms with E-state index in [2.05, 4.69) is 19.7 Å². The molecule has 0 spiro atoms. The van der Waals surface area contributed by atoms with Gasteiger partial charge in [0.1, 0.15) is 0 Å². The summed E-state index contributed by atoms with van der Waals surface area (Å²) < 4.78 is 9.12. The minimum absolute atomic E-state index is 0.0485. The molecule has 1 aromatic heterocycles. The molecule has 1 aliphatic rings. The normalized spacial score (nSPS) is 18.0. The van der Waals surface area contributed by atoms with E-state index in [4.69, 9.17) is 0 Å². The summed E-state index contributed by atoms with van der Waals surface area (Å²) in [6.07, 6.45) is 0.0765. The summed E-state index contributed by atoms with van der Waals surface area (Å²) in [6, 6.07) is 2.89. The van der Waals surface area contributed by atoms with Gasteiger partial charge < -0.3 is 9.47 Å². The summed E-state index contributed by atoms with van der Waals surface area (Å²) in [4.78, 5) is 35.8. The number of methoxy groups -OCH3 is 2. The number of hydrogen-bond acceptors (Lipinski definition) is 7. The van der Waals surface area contributed by atoms with E-state index in [1.54, 1.807) is 0 Å². The molecule has 2 rings (SSSR count). The third-order valence-electron chi connectivity index (χ3n) is 2.98. The number of carbonyl (C=O) groups is 3. The largest absolute Gasteiger partial charge is 0.469 e. The van der Waals surface area contributed by atoms with Crippen molar-refractivity contribution in [3.05, 3.63) is 17.8 Å². The Balaban J connectivity index is 2.14. The molecular formula is C12H13N3O5. The van der Waals surface area contributed by atoms with Crippen molar-refractivity contribution in [3.8, 4) is 0 Å². The number of esters is 2. The number of nitrogens with zero attached hydrogens (tertiary/aromatic N) is 3. The van der Waals surface area contributed by atoms with Gasteiger partial charge in [0.2, 0.25) is 5.91 Å². The first-order valence-corrected chi connectivity index (χ1v) is 5.87. The fourth-order valence-corrected chi connectivity index (χ4v) is 1.94. The van der Waals surface area contributed by atoms with E-state index >= 15 is 0 Å². The second kappa shape index (κ2) is 5.64.